The molecule has 0 spiro atoms. The second kappa shape index (κ2) is 8.42. The van der Waals surface area contributed by atoms with Crippen LogP contribution < -0.4 is 5.32 Å². The molecule has 0 aromatic heterocycles. The van der Waals surface area contributed by atoms with Crippen molar-refractivity contribution >= 4 is 5.97 Å². The summed E-state index contributed by atoms with van der Waals surface area (Å²) in [6.07, 6.45) is -4.49. The molecule has 1 rings (SSSR count). The summed E-state index contributed by atoms with van der Waals surface area (Å²) < 4.78 is 9.88. The predicted molar refractivity (Wildman–Crippen MR) is 72.2 cm³/mol. The summed E-state index contributed by atoms with van der Waals surface area (Å²) in [5.41, 5.74) is 0.313. The first-order valence-electron chi connectivity index (χ1n) is 6.75. The van der Waals surface area contributed by atoms with E-state index in [1.807, 2.05) is 0 Å². The van der Waals surface area contributed by atoms with Gasteiger partial charge in [-0.25, -0.2) is 4.79 Å². The van der Waals surface area contributed by atoms with Crippen LogP contribution in [0.25, 0.3) is 0 Å². The molecule has 0 bridgehead atoms. The molecule has 0 saturated carbocycles. The van der Waals surface area contributed by atoms with Gasteiger partial charge in [-0.15, -0.1) is 0 Å². The minimum atomic E-state index is -1.35. The van der Waals surface area contributed by atoms with E-state index in [0.29, 0.717) is 18.5 Å². The number of ether oxygens (including phenoxy) is 2. The quantitative estimate of drug-likeness (QED) is 0.205. The largest absolute Gasteiger partial charge is 0.462 e. The average Bonchev–Trinajstić information content (AvgIpc) is 2.45. The lowest BCUT2D eigenvalue weighted by Crippen LogP contribution is -2.63. The zero-order chi connectivity index (χ0) is 16.0. The first-order chi connectivity index (χ1) is 9.88. The molecule has 0 unspecified atom stereocenters. The van der Waals surface area contributed by atoms with E-state index in [-0.39, 0.29) is 6.61 Å². The van der Waals surface area contributed by atoms with Gasteiger partial charge in [-0.2, -0.15) is 0 Å². The molecular weight excluding hydrogens is 282 g/mol. The number of carbonyl (C=O) groups is 1. The van der Waals surface area contributed by atoms with Crippen LogP contribution in [0.1, 0.15) is 13.3 Å². The first kappa shape index (κ1) is 18.0. The number of esters is 1. The van der Waals surface area contributed by atoms with Crippen LogP contribution in [-0.4, -0.2) is 76.8 Å². The van der Waals surface area contributed by atoms with Crippen LogP contribution in [0, 0.1) is 0 Å². The van der Waals surface area contributed by atoms with Gasteiger partial charge in [0.2, 0.25) is 0 Å². The average molecular weight is 305 g/mol. The molecule has 0 aromatic carbocycles. The van der Waals surface area contributed by atoms with Crippen molar-refractivity contribution in [1.82, 2.24) is 5.32 Å². The van der Waals surface area contributed by atoms with Gasteiger partial charge in [0.15, 0.2) is 6.29 Å². The molecule has 5 atom stereocenters. The van der Waals surface area contributed by atoms with Crippen molar-refractivity contribution in [3.05, 3.63) is 12.2 Å². The Balaban J connectivity index is 2.31. The molecular formula is C13H23NO7. The third-order valence-electron chi connectivity index (χ3n) is 3.18. The van der Waals surface area contributed by atoms with E-state index >= 15 is 0 Å². The van der Waals surface area contributed by atoms with Crippen LogP contribution in [-0.2, 0) is 14.3 Å². The molecule has 21 heavy (non-hydrogen) atoms. The Morgan fingerprint density at radius 1 is 1.33 bits per heavy atom. The van der Waals surface area contributed by atoms with Gasteiger partial charge in [0.05, 0.1) is 19.3 Å². The first-order valence-corrected chi connectivity index (χ1v) is 6.75. The lowest BCUT2D eigenvalue weighted by molar-refractivity contribution is -0.254. The molecule has 1 aliphatic rings. The SMILES string of the molecule is C=C(C)C(=O)OCCCN[C@@H]1[C@@H](O)[C@H](O)[C@@H](CO)O[C@H]1O. The molecule has 1 fully saturated rings. The van der Waals surface area contributed by atoms with Crippen molar-refractivity contribution in [2.45, 2.75) is 44.0 Å². The van der Waals surface area contributed by atoms with Gasteiger partial charge in [-0.3, -0.25) is 0 Å². The van der Waals surface area contributed by atoms with Gasteiger partial charge in [-0.05, 0) is 19.9 Å². The van der Waals surface area contributed by atoms with Crippen LogP contribution in [0.4, 0.5) is 0 Å². The molecule has 8 nitrogen and oxygen atoms in total. The molecule has 0 radical (unpaired) electrons. The Morgan fingerprint density at radius 2 is 2.00 bits per heavy atom. The van der Waals surface area contributed by atoms with E-state index in [1.54, 1.807) is 6.92 Å². The Hall–Kier alpha value is -1.03. The molecule has 122 valence electrons. The van der Waals surface area contributed by atoms with Crippen LogP contribution >= 0.6 is 0 Å². The number of aliphatic hydroxyl groups is 4. The molecule has 1 aliphatic heterocycles. The third-order valence-corrected chi connectivity index (χ3v) is 3.18. The Kier molecular flexibility index (Phi) is 7.23. The van der Waals surface area contributed by atoms with Crippen LogP contribution in [0.2, 0.25) is 0 Å². The van der Waals surface area contributed by atoms with Gasteiger partial charge in [0.1, 0.15) is 18.3 Å². The van der Waals surface area contributed by atoms with E-state index in [1.165, 1.54) is 0 Å². The van der Waals surface area contributed by atoms with E-state index in [0.717, 1.165) is 0 Å². The lowest BCUT2D eigenvalue weighted by Gasteiger charge is -2.40. The summed E-state index contributed by atoms with van der Waals surface area (Å²) in [7, 11) is 0. The van der Waals surface area contributed by atoms with Crippen LogP contribution in [0.15, 0.2) is 12.2 Å². The second-order valence-electron chi connectivity index (χ2n) is 4.98. The van der Waals surface area contributed by atoms with Gasteiger partial charge >= 0.3 is 5.97 Å². The minimum Gasteiger partial charge on any atom is -0.462 e. The fourth-order valence-corrected chi connectivity index (χ4v) is 1.95. The maximum Gasteiger partial charge on any atom is 0.333 e. The summed E-state index contributed by atoms with van der Waals surface area (Å²) in [6, 6.07) is -0.889. The summed E-state index contributed by atoms with van der Waals surface area (Å²) >= 11 is 0. The van der Waals surface area contributed by atoms with Crippen molar-refractivity contribution in [3.8, 4) is 0 Å². The number of hydrogen-bond donors (Lipinski definition) is 5. The second-order valence-corrected chi connectivity index (χ2v) is 4.98. The topological polar surface area (TPSA) is 128 Å². The number of aliphatic hydroxyl groups excluding tert-OH is 4. The third kappa shape index (κ3) is 5.03. The maximum absolute atomic E-state index is 11.1. The predicted octanol–water partition coefficient (Wildman–Crippen LogP) is -2.11. The van der Waals surface area contributed by atoms with Crippen molar-refractivity contribution in [2.24, 2.45) is 0 Å². The fourth-order valence-electron chi connectivity index (χ4n) is 1.95. The normalized spacial score (nSPS) is 32.7. The van der Waals surface area contributed by atoms with E-state index in [9.17, 15) is 20.1 Å². The van der Waals surface area contributed by atoms with E-state index in [4.69, 9.17) is 14.6 Å². The van der Waals surface area contributed by atoms with E-state index < -0.39 is 43.2 Å². The van der Waals surface area contributed by atoms with Gasteiger partial charge in [-0.1, -0.05) is 6.58 Å². The highest BCUT2D eigenvalue weighted by atomic mass is 16.6. The highest BCUT2D eigenvalue weighted by Gasteiger charge is 2.43. The van der Waals surface area contributed by atoms with E-state index in [2.05, 4.69) is 11.9 Å². The number of hydrogen-bond acceptors (Lipinski definition) is 8. The highest BCUT2D eigenvalue weighted by Crippen LogP contribution is 2.19. The van der Waals surface area contributed by atoms with Crippen LogP contribution in [0.5, 0.6) is 0 Å². The van der Waals surface area contributed by atoms with Crippen LogP contribution in [0.3, 0.4) is 0 Å². The summed E-state index contributed by atoms with van der Waals surface area (Å²) in [5, 5.41) is 41.0. The zero-order valence-corrected chi connectivity index (χ0v) is 11.9. The molecule has 1 saturated heterocycles. The van der Waals surface area contributed by atoms with Crippen molar-refractivity contribution in [2.75, 3.05) is 19.8 Å². The zero-order valence-electron chi connectivity index (χ0n) is 11.9. The number of carbonyl (C=O) groups excluding carboxylic acids is 1. The van der Waals surface area contributed by atoms with Gasteiger partial charge in [0, 0.05) is 5.57 Å². The molecule has 5 N–H and O–H groups in total. The minimum absolute atomic E-state index is 0.167. The molecule has 1 heterocycles. The van der Waals surface area contributed by atoms with Crippen molar-refractivity contribution < 1.29 is 34.7 Å². The lowest BCUT2D eigenvalue weighted by atomic mass is 9.97. The van der Waals surface area contributed by atoms with Gasteiger partial charge < -0.3 is 35.2 Å². The number of nitrogens with one attached hydrogen (secondary N) is 1. The number of rotatable bonds is 7. The molecule has 8 heteroatoms. The standard InChI is InChI=1S/C13H23NO7/c1-7(2)12(18)20-5-3-4-14-9-11(17)10(16)8(6-15)21-13(9)19/h8-11,13-17,19H,1,3-6H2,2H3/t8-,9-,10-,11-,13-/m1/s1. The van der Waals surface area contributed by atoms with Gasteiger partial charge in [0.25, 0.3) is 0 Å². The molecule has 0 aliphatic carbocycles. The summed E-state index contributed by atoms with van der Waals surface area (Å²) in [5.74, 6) is -0.475. The van der Waals surface area contributed by atoms with Crippen molar-refractivity contribution in [3.63, 3.8) is 0 Å². The highest BCUT2D eigenvalue weighted by molar-refractivity contribution is 5.86. The Bertz CT molecular complexity index is 362. The molecule has 0 aromatic rings. The Morgan fingerprint density at radius 3 is 2.57 bits per heavy atom. The summed E-state index contributed by atoms with van der Waals surface area (Å²) in [4.78, 5) is 11.1. The fraction of sp³-hybridized carbons (Fsp3) is 0.769. The summed E-state index contributed by atoms with van der Waals surface area (Å²) in [6.45, 7) is 5.00. The Labute approximate surface area is 123 Å². The van der Waals surface area contributed by atoms with Crippen molar-refractivity contribution in [1.29, 1.82) is 0 Å². The molecule has 0 amide bonds. The monoisotopic (exact) mass is 305 g/mol. The maximum atomic E-state index is 11.1. The smallest absolute Gasteiger partial charge is 0.333 e.